The summed E-state index contributed by atoms with van der Waals surface area (Å²) in [5.41, 5.74) is 13.5. The number of para-hydroxylation sites is 2. The molecule has 18 heavy (non-hydrogen) atoms. The lowest BCUT2D eigenvalue weighted by molar-refractivity contribution is 0.100. The van der Waals surface area contributed by atoms with Crippen molar-refractivity contribution in [1.29, 1.82) is 0 Å². The third-order valence-electron chi connectivity index (χ3n) is 2.51. The van der Waals surface area contributed by atoms with E-state index in [1.807, 2.05) is 30.3 Å². The zero-order valence-electron chi connectivity index (χ0n) is 9.48. The summed E-state index contributed by atoms with van der Waals surface area (Å²) < 4.78 is 1.07. The summed E-state index contributed by atoms with van der Waals surface area (Å²) in [5.74, 6) is -0.529. The average Bonchev–Trinajstić information content (AvgIpc) is 2.34. The minimum absolute atomic E-state index is 0.325. The molecule has 0 aliphatic heterocycles. The minimum atomic E-state index is -0.529. The molecule has 0 bridgehead atoms. The molecule has 0 aromatic heterocycles. The van der Waals surface area contributed by atoms with Crippen molar-refractivity contribution in [2.24, 2.45) is 5.73 Å². The Hall–Kier alpha value is -1.76. The van der Waals surface area contributed by atoms with E-state index in [2.05, 4.69) is 27.9 Å². The summed E-state index contributed by atoms with van der Waals surface area (Å²) in [6.45, 7) is 0. The predicted molar refractivity (Wildman–Crippen MR) is 81.8 cm³/mol. The van der Waals surface area contributed by atoms with Crippen molar-refractivity contribution in [3.05, 3.63) is 51.6 Å². The van der Waals surface area contributed by atoms with Gasteiger partial charge in [-0.1, -0.05) is 18.2 Å². The fraction of sp³-hybridized carbons (Fsp3) is 0. The Kier molecular flexibility index (Phi) is 3.71. The van der Waals surface area contributed by atoms with Crippen LogP contribution in [-0.4, -0.2) is 5.91 Å². The third kappa shape index (κ3) is 2.56. The van der Waals surface area contributed by atoms with Crippen LogP contribution in [0.15, 0.2) is 42.5 Å². The summed E-state index contributed by atoms with van der Waals surface area (Å²) in [5, 5.41) is 3.20. The van der Waals surface area contributed by atoms with Crippen LogP contribution in [0.4, 0.5) is 17.1 Å². The van der Waals surface area contributed by atoms with Gasteiger partial charge in [0.2, 0.25) is 0 Å². The van der Waals surface area contributed by atoms with E-state index >= 15 is 0 Å². The van der Waals surface area contributed by atoms with E-state index in [0.29, 0.717) is 16.9 Å². The smallest absolute Gasteiger partial charge is 0.250 e. The lowest BCUT2D eigenvalue weighted by Gasteiger charge is -2.12. The van der Waals surface area contributed by atoms with Crippen LogP contribution in [0.1, 0.15) is 10.4 Å². The topological polar surface area (TPSA) is 81.1 Å². The monoisotopic (exact) mass is 353 g/mol. The van der Waals surface area contributed by atoms with Crippen LogP contribution < -0.4 is 16.8 Å². The zero-order valence-corrected chi connectivity index (χ0v) is 11.6. The second kappa shape index (κ2) is 5.26. The highest BCUT2D eigenvalue weighted by molar-refractivity contribution is 14.1. The van der Waals surface area contributed by atoms with Gasteiger partial charge in [-0.3, -0.25) is 4.79 Å². The molecule has 0 radical (unpaired) electrons. The molecule has 0 aliphatic rings. The Labute approximate surface area is 119 Å². The number of nitrogens with one attached hydrogen (secondary N) is 1. The summed E-state index contributed by atoms with van der Waals surface area (Å²) in [4.78, 5) is 11.2. The first-order valence-corrected chi connectivity index (χ1v) is 6.37. The lowest BCUT2D eigenvalue weighted by atomic mass is 10.1. The molecule has 0 unspecified atom stereocenters. The number of benzene rings is 2. The van der Waals surface area contributed by atoms with Gasteiger partial charge in [0.1, 0.15) is 0 Å². The predicted octanol–water partition coefficient (Wildman–Crippen LogP) is 2.72. The first kappa shape index (κ1) is 12.7. The molecule has 2 aromatic rings. The number of hydrogen-bond acceptors (Lipinski definition) is 3. The van der Waals surface area contributed by atoms with E-state index < -0.39 is 5.91 Å². The quantitative estimate of drug-likeness (QED) is 0.586. The molecule has 0 fully saturated rings. The Bertz CT molecular complexity index is 599. The second-order valence-corrected chi connectivity index (χ2v) is 4.90. The van der Waals surface area contributed by atoms with Crippen LogP contribution >= 0.6 is 22.6 Å². The van der Waals surface area contributed by atoms with Crippen molar-refractivity contribution in [3.63, 3.8) is 0 Å². The molecule has 92 valence electrons. The number of carbonyl (C=O) groups is 1. The number of primary amides is 1. The second-order valence-electron chi connectivity index (χ2n) is 3.74. The number of nitrogen functional groups attached to an aromatic ring is 1. The molecular formula is C13H12IN3O. The summed E-state index contributed by atoms with van der Waals surface area (Å²) in [6, 6.07) is 13.0. The first-order valence-electron chi connectivity index (χ1n) is 5.29. The van der Waals surface area contributed by atoms with Gasteiger partial charge in [0.05, 0.1) is 22.6 Å². The van der Waals surface area contributed by atoms with Crippen molar-refractivity contribution >= 4 is 45.6 Å². The Morgan fingerprint density at radius 3 is 2.39 bits per heavy atom. The number of rotatable bonds is 3. The maximum absolute atomic E-state index is 11.2. The number of anilines is 3. The molecule has 0 aliphatic carbocycles. The standard InChI is InChI=1S/C13H12IN3O/c14-9-5-1-2-6-10(9)17-11-7-3-4-8(12(11)15)13(16)18/h1-7,17H,15H2,(H2,16,18). The van der Waals surface area contributed by atoms with Gasteiger partial charge in [-0.15, -0.1) is 0 Å². The third-order valence-corrected chi connectivity index (χ3v) is 3.46. The van der Waals surface area contributed by atoms with Crippen LogP contribution in [-0.2, 0) is 0 Å². The lowest BCUT2D eigenvalue weighted by Crippen LogP contribution is -2.14. The number of carbonyl (C=O) groups excluding carboxylic acids is 1. The van der Waals surface area contributed by atoms with E-state index in [0.717, 1.165) is 9.26 Å². The van der Waals surface area contributed by atoms with Crippen LogP contribution in [0, 0.1) is 3.57 Å². The minimum Gasteiger partial charge on any atom is -0.396 e. The molecule has 0 saturated carbocycles. The molecule has 4 nitrogen and oxygen atoms in total. The van der Waals surface area contributed by atoms with Gasteiger partial charge in [-0.25, -0.2) is 0 Å². The van der Waals surface area contributed by atoms with Crippen LogP contribution in [0.3, 0.4) is 0 Å². The normalized spacial score (nSPS) is 10.1. The van der Waals surface area contributed by atoms with E-state index in [-0.39, 0.29) is 0 Å². The fourth-order valence-corrected chi connectivity index (χ4v) is 2.12. The molecule has 2 rings (SSSR count). The van der Waals surface area contributed by atoms with E-state index in [9.17, 15) is 4.79 Å². The van der Waals surface area contributed by atoms with Crippen molar-refractivity contribution < 1.29 is 4.79 Å². The molecule has 0 spiro atoms. The maximum atomic E-state index is 11.2. The van der Waals surface area contributed by atoms with Gasteiger partial charge in [0.25, 0.3) is 5.91 Å². The molecule has 2 aromatic carbocycles. The van der Waals surface area contributed by atoms with E-state index in [4.69, 9.17) is 11.5 Å². The highest BCUT2D eigenvalue weighted by Crippen LogP contribution is 2.28. The van der Waals surface area contributed by atoms with Crippen molar-refractivity contribution in [2.45, 2.75) is 0 Å². The molecular weight excluding hydrogens is 341 g/mol. The van der Waals surface area contributed by atoms with Crippen molar-refractivity contribution in [1.82, 2.24) is 0 Å². The van der Waals surface area contributed by atoms with Gasteiger partial charge in [0, 0.05) is 3.57 Å². The van der Waals surface area contributed by atoms with Gasteiger partial charge in [0.15, 0.2) is 0 Å². The zero-order chi connectivity index (χ0) is 13.1. The SMILES string of the molecule is NC(=O)c1cccc(Nc2ccccc2I)c1N. The summed E-state index contributed by atoms with van der Waals surface area (Å²) in [7, 11) is 0. The maximum Gasteiger partial charge on any atom is 0.250 e. The summed E-state index contributed by atoms with van der Waals surface area (Å²) >= 11 is 2.23. The Morgan fingerprint density at radius 2 is 1.72 bits per heavy atom. The van der Waals surface area contributed by atoms with Crippen molar-refractivity contribution in [3.8, 4) is 0 Å². The Morgan fingerprint density at radius 1 is 1.06 bits per heavy atom. The largest absolute Gasteiger partial charge is 0.396 e. The highest BCUT2D eigenvalue weighted by Gasteiger charge is 2.10. The summed E-state index contributed by atoms with van der Waals surface area (Å²) in [6.07, 6.45) is 0. The molecule has 0 heterocycles. The number of nitrogens with two attached hydrogens (primary N) is 2. The van der Waals surface area contributed by atoms with E-state index in [1.165, 1.54) is 0 Å². The van der Waals surface area contributed by atoms with Crippen LogP contribution in [0.2, 0.25) is 0 Å². The van der Waals surface area contributed by atoms with Gasteiger partial charge in [-0.05, 0) is 46.9 Å². The molecule has 0 saturated heterocycles. The number of halogens is 1. The molecule has 0 atom stereocenters. The van der Waals surface area contributed by atoms with Crippen LogP contribution in [0.25, 0.3) is 0 Å². The van der Waals surface area contributed by atoms with Gasteiger partial charge < -0.3 is 16.8 Å². The Balaban J connectivity index is 2.39. The van der Waals surface area contributed by atoms with E-state index in [1.54, 1.807) is 12.1 Å². The van der Waals surface area contributed by atoms with Gasteiger partial charge >= 0.3 is 0 Å². The number of hydrogen-bond donors (Lipinski definition) is 3. The first-order chi connectivity index (χ1) is 8.59. The highest BCUT2D eigenvalue weighted by atomic mass is 127. The van der Waals surface area contributed by atoms with Gasteiger partial charge in [-0.2, -0.15) is 0 Å². The van der Waals surface area contributed by atoms with Crippen molar-refractivity contribution in [2.75, 3.05) is 11.1 Å². The van der Waals surface area contributed by atoms with Crippen LogP contribution in [0.5, 0.6) is 0 Å². The fourth-order valence-electron chi connectivity index (χ4n) is 1.60. The molecule has 5 heteroatoms. The molecule has 1 amide bonds. The molecule has 5 N–H and O–H groups in total. The number of amides is 1. The average molecular weight is 353 g/mol.